The molecule has 2 N–H and O–H groups in total. The summed E-state index contributed by atoms with van der Waals surface area (Å²) in [6.45, 7) is 2.98. The van der Waals surface area contributed by atoms with E-state index in [1.54, 1.807) is 6.92 Å². The largest absolute Gasteiger partial charge is 0.411 e. The van der Waals surface area contributed by atoms with Crippen molar-refractivity contribution in [3.63, 3.8) is 0 Å². The van der Waals surface area contributed by atoms with E-state index in [0.29, 0.717) is 0 Å². The lowest BCUT2D eigenvalue weighted by molar-refractivity contribution is 0.143. The molecule has 0 amide bonds. The van der Waals surface area contributed by atoms with E-state index >= 15 is 0 Å². The molecule has 0 radical (unpaired) electrons. The molecule has 0 saturated heterocycles. The fourth-order valence-corrected chi connectivity index (χ4v) is 1.18. The molecule has 1 atom stereocenters. The van der Waals surface area contributed by atoms with Gasteiger partial charge in [0.25, 0.3) is 0 Å². The van der Waals surface area contributed by atoms with Gasteiger partial charge in [-0.05, 0) is 13.3 Å². The Kier molecular flexibility index (Phi) is 3.62. The van der Waals surface area contributed by atoms with Crippen molar-refractivity contribution in [1.29, 1.82) is 0 Å². The highest BCUT2D eigenvalue weighted by Gasteiger charge is 2.27. The van der Waals surface area contributed by atoms with Gasteiger partial charge < -0.3 is 5.21 Å². The molecule has 0 rings (SSSR count). The summed E-state index contributed by atoms with van der Waals surface area (Å²) in [5.74, 6) is 0. The minimum absolute atomic E-state index is 0.247. The molecule has 0 bridgehead atoms. The Morgan fingerprint density at radius 2 is 2.17 bits per heavy atom. The lowest BCUT2D eigenvalue weighted by Gasteiger charge is -2.19. The van der Waals surface area contributed by atoms with Crippen molar-refractivity contribution in [3.05, 3.63) is 0 Å². The molecule has 12 heavy (non-hydrogen) atoms. The first-order valence-corrected chi connectivity index (χ1v) is 4.56. The second-order valence-electron chi connectivity index (χ2n) is 2.42. The van der Waals surface area contributed by atoms with E-state index in [1.165, 1.54) is 6.92 Å². The van der Waals surface area contributed by atoms with Gasteiger partial charge >= 0.3 is 10.4 Å². The summed E-state index contributed by atoms with van der Waals surface area (Å²) in [4.78, 5) is 0. The fourth-order valence-electron chi connectivity index (χ4n) is 0.534. The maximum atomic E-state index is 10.3. The van der Waals surface area contributed by atoms with Crippen molar-refractivity contribution in [1.82, 2.24) is 0 Å². The summed E-state index contributed by atoms with van der Waals surface area (Å²) in [5.41, 5.74) is -1.30. The van der Waals surface area contributed by atoms with Crippen LogP contribution < -0.4 is 0 Å². The van der Waals surface area contributed by atoms with Crippen molar-refractivity contribution in [2.24, 2.45) is 5.16 Å². The first-order chi connectivity index (χ1) is 5.33. The van der Waals surface area contributed by atoms with Gasteiger partial charge in [0.2, 0.25) is 0 Å². The van der Waals surface area contributed by atoms with Gasteiger partial charge in [-0.3, -0.25) is 4.55 Å². The molecule has 0 saturated carbocycles. The van der Waals surface area contributed by atoms with Gasteiger partial charge in [0.15, 0.2) is 0 Å². The normalized spacial score (nSPS) is 17.9. The Morgan fingerprint density at radius 3 is 2.42 bits per heavy atom. The predicted octanol–water partition coefficient (Wildman–Crippen LogP) is 0.435. The maximum Gasteiger partial charge on any atom is 0.398 e. The highest BCUT2D eigenvalue weighted by atomic mass is 32.3. The first kappa shape index (κ1) is 11.3. The van der Waals surface area contributed by atoms with Gasteiger partial charge in [-0.15, -0.1) is 0 Å². The molecule has 0 fully saturated rings. The highest BCUT2D eigenvalue weighted by molar-refractivity contribution is 7.81. The van der Waals surface area contributed by atoms with E-state index in [1.807, 2.05) is 0 Å². The Bertz CT molecular complexity index is 259. The monoisotopic (exact) mass is 197 g/mol. The van der Waals surface area contributed by atoms with Crippen LogP contribution in [0.25, 0.3) is 0 Å². The molecule has 6 nitrogen and oxygen atoms in total. The summed E-state index contributed by atoms with van der Waals surface area (Å²) >= 11 is 0. The SMILES string of the molecule is CCC(C)(/C=N/O)OS(=O)(=O)O. The van der Waals surface area contributed by atoms with Crippen LogP contribution in [0.15, 0.2) is 5.16 Å². The second-order valence-corrected chi connectivity index (χ2v) is 3.44. The van der Waals surface area contributed by atoms with Crippen LogP contribution in [0.2, 0.25) is 0 Å². The molecule has 0 spiro atoms. The zero-order chi connectivity index (χ0) is 9.83. The Hall–Kier alpha value is -0.660. The highest BCUT2D eigenvalue weighted by Crippen LogP contribution is 2.14. The third kappa shape index (κ3) is 4.27. The fraction of sp³-hybridized carbons (Fsp3) is 0.800. The van der Waals surface area contributed by atoms with Crippen LogP contribution in [0.4, 0.5) is 0 Å². The van der Waals surface area contributed by atoms with Crippen molar-refractivity contribution in [2.45, 2.75) is 25.9 Å². The summed E-state index contributed by atoms with van der Waals surface area (Å²) in [6.07, 6.45) is 1.14. The van der Waals surface area contributed by atoms with Gasteiger partial charge in [0, 0.05) is 0 Å². The minimum atomic E-state index is -4.52. The van der Waals surface area contributed by atoms with Crippen LogP contribution in [0, 0.1) is 0 Å². The number of hydrogen-bond acceptors (Lipinski definition) is 5. The molecule has 72 valence electrons. The van der Waals surface area contributed by atoms with Crippen LogP contribution in [-0.2, 0) is 14.6 Å². The van der Waals surface area contributed by atoms with Gasteiger partial charge in [-0.25, -0.2) is 4.18 Å². The molecule has 0 aromatic carbocycles. The Balaban J connectivity index is 4.56. The predicted molar refractivity (Wildman–Crippen MR) is 41.6 cm³/mol. The molecule has 0 heterocycles. The summed E-state index contributed by atoms with van der Waals surface area (Å²) in [6, 6.07) is 0. The van der Waals surface area contributed by atoms with Crippen molar-refractivity contribution in [3.8, 4) is 0 Å². The third-order valence-electron chi connectivity index (χ3n) is 1.33. The number of oxime groups is 1. The smallest absolute Gasteiger partial charge is 0.398 e. The number of nitrogens with zero attached hydrogens (tertiary/aromatic N) is 1. The number of rotatable bonds is 4. The van der Waals surface area contributed by atoms with Gasteiger partial charge in [-0.2, -0.15) is 8.42 Å². The molecule has 0 aromatic rings. The lowest BCUT2D eigenvalue weighted by Crippen LogP contribution is -2.32. The topological polar surface area (TPSA) is 96.2 Å². The molecule has 0 aromatic heterocycles. The maximum absolute atomic E-state index is 10.3. The number of hydrogen-bond donors (Lipinski definition) is 2. The zero-order valence-electron chi connectivity index (χ0n) is 6.76. The molecule has 0 aliphatic heterocycles. The van der Waals surface area contributed by atoms with Crippen molar-refractivity contribution in [2.75, 3.05) is 0 Å². The van der Waals surface area contributed by atoms with E-state index in [-0.39, 0.29) is 6.42 Å². The molecular formula is C5H11NO5S. The molecule has 0 aliphatic rings. The van der Waals surface area contributed by atoms with Crippen molar-refractivity contribution < 1.29 is 22.4 Å². The van der Waals surface area contributed by atoms with E-state index in [9.17, 15) is 8.42 Å². The standard InChI is InChI=1S/C5H11NO5S/c1-3-5(2,4-6-7)11-12(8,9)10/h4,7H,3H2,1-2H3,(H,8,9,10)/b6-4+. The Morgan fingerprint density at radius 1 is 1.67 bits per heavy atom. The Labute approximate surface area is 70.8 Å². The summed E-state index contributed by atoms with van der Waals surface area (Å²) in [5, 5.41) is 10.8. The quantitative estimate of drug-likeness (QED) is 0.295. The lowest BCUT2D eigenvalue weighted by atomic mass is 10.1. The average Bonchev–Trinajstić information content (AvgIpc) is 1.84. The van der Waals surface area contributed by atoms with Crippen molar-refractivity contribution >= 4 is 16.6 Å². The van der Waals surface area contributed by atoms with Crippen LogP contribution >= 0.6 is 0 Å². The van der Waals surface area contributed by atoms with Crippen LogP contribution in [-0.4, -0.2) is 30.0 Å². The summed E-state index contributed by atoms with van der Waals surface area (Å²) in [7, 11) is -4.52. The van der Waals surface area contributed by atoms with E-state index in [0.717, 1.165) is 6.21 Å². The second kappa shape index (κ2) is 3.83. The van der Waals surface area contributed by atoms with Crippen LogP contribution in [0.1, 0.15) is 20.3 Å². The van der Waals surface area contributed by atoms with Gasteiger partial charge in [0.05, 0.1) is 6.21 Å². The van der Waals surface area contributed by atoms with E-state index < -0.39 is 16.0 Å². The molecule has 1 unspecified atom stereocenters. The zero-order valence-corrected chi connectivity index (χ0v) is 7.58. The average molecular weight is 197 g/mol. The summed E-state index contributed by atoms with van der Waals surface area (Å²) < 4.78 is 33.1. The molecule has 7 heteroatoms. The minimum Gasteiger partial charge on any atom is -0.411 e. The first-order valence-electron chi connectivity index (χ1n) is 3.19. The van der Waals surface area contributed by atoms with Crippen LogP contribution in [0.3, 0.4) is 0 Å². The molecular weight excluding hydrogens is 186 g/mol. The van der Waals surface area contributed by atoms with Gasteiger partial charge in [0.1, 0.15) is 5.60 Å². The van der Waals surface area contributed by atoms with Crippen LogP contribution in [0.5, 0.6) is 0 Å². The van der Waals surface area contributed by atoms with Gasteiger partial charge in [-0.1, -0.05) is 12.1 Å². The van der Waals surface area contributed by atoms with E-state index in [4.69, 9.17) is 9.76 Å². The van der Waals surface area contributed by atoms with E-state index in [2.05, 4.69) is 9.34 Å². The third-order valence-corrected chi connectivity index (χ3v) is 1.92. The molecule has 0 aliphatic carbocycles.